The van der Waals surface area contributed by atoms with Crippen LogP contribution in [0, 0.1) is 5.41 Å². The molecule has 1 saturated carbocycles. The third-order valence-electron chi connectivity index (χ3n) is 5.26. The van der Waals surface area contributed by atoms with Gasteiger partial charge in [-0.25, -0.2) is 0 Å². The summed E-state index contributed by atoms with van der Waals surface area (Å²) in [4.78, 5) is 2.81. The normalized spacial score (nSPS) is 42.2. The molecule has 0 radical (unpaired) electrons. The zero-order chi connectivity index (χ0) is 12.7. The Hall–Kier alpha value is -0.0800. The van der Waals surface area contributed by atoms with Crippen molar-refractivity contribution in [2.45, 2.75) is 83.8 Å². The first-order chi connectivity index (χ1) is 7.94. The summed E-state index contributed by atoms with van der Waals surface area (Å²) in [6.45, 7) is 10.4. The molecule has 0 amide bonds. The standard InChI is InChI=1S/C15H30N2/c1-5-13-7-6-12(2)17(13)15(11-16)9-8-14(3,4)10-15/h12-13H,5-11,16H2,1-4H3. The van der Waals surface area contributed by atoms with E-state index < -0.39 is 0 Å². The summed E-state index contributed by atoms with van der Waals surface area (Å²) >= 11 is 0. The van der Waals surface area contributed by atoms with Gasteiger partial charge in [-0.2, -0.15) is 0 Å². The number of nitrogens with two attached hydrogens (primary N) is 1. The fourth-order valence-electron chi connectivity index (χ4n) is 4.47. The minimum absolute atomic E-state index is 0.306. The smallest absolute Gasteiger partial charge is 0.0342 e. The lowest BCUT2D eigenvalue weighted by Crippen LogP contribution is -2.56. The van der Waals surface area contributed by atoms with E-state index in [1.165, 1.54) is 38.5 Å². The van der Waals surface area contributed by atoms with Gasteiger partial charge >= 0.3 is 0 Å². The van der Waals surface area contributed by atoms with Gasteiger partial charge in [0.15, 0.2) is 0 Å². The fraction of sp³-hybridized carbons (Fsp3) is 1.00. The predicted molar refractivity (Wildman–Crippen MR) is 74.0 cm³/mol. The zero-order valence-electron chi connectivity index (χ0n) is 12.1. The molecule has 1 aliphatic carbocycles. The van der Waals surface area contributed by atoms with Crippen LogP contribution in [-0.4, -0.2) is 29.1 Å². The maximum Gasteiger partial charge on any atom is 0.0342 e. The summed E-state index contributed by atoms with van der Waals surface area (Å²) < 4.78 is 0. The summed E-state index contributed by atoms with van der Waals surface area (Å²) in [5.41, 5.74) is 7.00. The van der Waals surface area contributed by atoms with E-state index in [0.717, 1.165) is 18.6 Å². The van der Waals surface area contributed by atoms with Crippen LogP contribution in [0.1, 0.15) is 66.2 Å². The number of rotatable bonds is 3. The molecule has 0 aromatic carbocycles. The van der Waals surface area contributed by atoms with Crippen LogP contribution in [0.4, 0.5) is 0 Å². The first-order valence-electron chi connectivity index (χ1n) is 7.43. The molecule has 2 nitrogen and oxygen atoms in total. The van der Waals surface area contributed by atoms with Crippen LogP contribution in [0.5, 0.6) is 0 Å². The van der Waals surface area contributed by atoms with Gasteiger partial charge in [0.1, 0.15) is 0 Å². The van der Waals surface area contributed by atoms with Crippen molar-refractivity contribution in [3.8, 4) is 0 Å². The van der Waals surface area contributed by atoms with Crippen LogP contribution in [0.2, 0.25) is 0 Å². The van der Waals surface area contributed by atoms with Gasteiger partial charge in [-0.1, -0.05) is 20.8 Å². The van der Waals surface area contributed by atoms with E-state index >= 15 is 0 Å². The zero-order valence-corrected chi connectivity index (χ0v) is 12.1. The van der Waals surface area contributed by atoms with Crippen LogP contribution in [-0.2, 0) is 0 Å². The van der Waals surface area contributed by atoms with E-state index in [9.17, 15) is 0 Å². The van der Waals surface area contributed by atoms with Crippen molar-refractivity contribution in [3.63, 3.8) is 0 Å². The fourth-order valence-corrected chi connectivity index (χ4v) is 4.47. The second-order valence-electron chi connectivity index (χ2n) is 7.17. The molecule has 100 valence electrons. The molecule has 17 heavy (non-hydrogen) atoms. The first-order valence-corrected chi connectivity index (χ1v) is 7.43. The van der Waals surface area contributed by atoms with Crippen molar-refractivity contribution in [3.05, 3.63) is 0 Å². The van der Waals surface area contributed by atoms with E-state index in [2.05, 4.69) is 32.6 Å². The minimum atomic E-state index is 0.306. The number of nitrogens with zero attached hydrogens (tertiary/aromatic N) is 1. The molecule has 0 bridgehead atoms. The largest absolute Gasteiger partial charge is 0.329 e. The van der Waals surface area contributed by atoms with Crippen molar-refractivity contribution in [2.75, 3.05) is 6.54 Å². The Balaban J connectivity index is 2.23. The molecule has 0 aromatic heterocycles. The lowest BCUT2D eigenvalue weighted by Gasteiger charge is -2.45. The molecule has 3 unspecified atom stereocenters. The Kier molecular flexibility index (Phi) is 3.57. The van der Waals surface area contributed by atoms with Crippen molar-refractivity contribution in [1.29, 1.82) is 0 Å². The SMILES string of the molecule is CCC1CCC(C)N1C1(CN)CCC(C)(C)C1. The molecule has 2 rings (SSSR count). The highest BCUT2D eigenvalue weighted by atomic mass is 15.3. The average molecular weight is 238 g/mol. The van der Waals surface area contributed by atoms with Crippen molar-refractivity contribution in [1.82, 2.24) is 4.90 Å². The topological polar surface area (TPSA) is 29.3 Å². The highest BCUT2D eigenvalue weighted by Crippen LogP contribution is 2.49. The molecule has 0 spiro atoms. The van der Waals surface area contributed by atoms with Crippen LogP contribution >= 0.6 is 0 Å². The summed E-state index contributed by atoms with van der Waals surface area (Å²) in [6.07, 6.45) is 7.95. The number of hydrogen-bond donors (Lipinski definition) is 1. The average Bonchev–Trinajstić information content (AvgIpc) is 2.80. The Morgan fingerprint density at radius 2 is 1.94 bits per heavy atom. The highest BCUT2D eigenvalue weighted by molar-refractivity contribution is 5.06. The Labute approximate surface area is 107 Å². The van der Waals surface area contributed by atoms with Gasteiger partial charge < -0.3 is 5.73 Å². The van der Waals surface area contributed by atoms with Crippen LogP contribution in [0.25, 0.3) is 0 Å². The molecular formula is C15H30N2. The monoisotopic (exact) mass is 238 g/mol. The summed E-state index contributed by atoms with van der Waals surface area (Å²) in [7, 11) is 0. The first kappa shape index (κ1) is 13.4. The van der Waals surface area contributed by atoms with Gasteiger partial charge in [-0.15, -0.1) is 0 Å². The van der Waals surface area contributed by atoms with Gasteiger partial charge in [0.05, 0.1) is 0 Å². The van der Waals surface area contributed by atoms with E-state index in [1.807, 2.05) is 0 Å². The van der Waals surface area contributed by atoms with E-state index in [0.29, 0.717) is 11.0 Å². The summed E-state index contributed by atoms with van der Waals surface area (Å²) in [5.74, 6) is 0. The highest BCUT2D eigenvalue weighted by Gasteiger charge is 2.50. The molecule has 3 atom stereocenters. The lowest BCUT2D eigenvalue weighted by atomic mass is 9.85. The Morgan fingerprint density at radius 1 is 1.24 bits per heavy atom. The van der Waals surface area contributed by atoms with E-state index in [1.54, 1.807) is 0 Å². The Morgan fingerprint density at radius 3 is 2.41 bits per heavy atom. The van der Waals surface area contributed by atoms with E-state index in [-0.39, 0.29) is 0 Å². The van der Waals surface area contributed by atoms with Gasteiger partial charge in [0.2, 0.25) is 0 Å². The molecule has 2 heteroatoms. The minimum Gasteiger partial charge on any atom is -0.329 e. The molecule has 1 saturated heterocycles. The molecule has 0 aromatic rings. The number of likely N-dealkylation sites (tertiary alicyclic amines) is 1. The summed E-state index contributed by atoms with van der Waals surface area (Å²) in [6, 6.07) is 1.51. The van der Waals surface area contributed by atoms with Crippen LogP contribution < -0.4 is 5.73 Å². The second-order valence-corrected chi connectivity index (χ2v) is 7.17. The molecule has 2 fully saturated rings. The Bertz CT molecular complexity index is 274. The van der Waals surface area contributed by atoms with Gasteiger partial charge in [-0.3, -0.25) is 4.90 Å². The molecule has 1 heterocycles. The third kappa shape index (κ3) is 2.26. The molecule has 2 aliphatic rings. The van der Waals surface area contributed by atoms with Crippen LogP contribution in [0.15, 0.2) is 0 Å². The van der Waals surface area contributed by atoms with Crippen molar-refractivity contribution < 1.29 is 0 Å². The summed E-state index contributed by atoms with van der Waals surface area (Å²) in [5, 5.41) is 0. The molecule has 2 N–H and O–H groups in total. The third-order valence-corrected chi connectivity index (χ3v) is 5.26. The van der Waals surface area contributed by atoms with Crippen LogP contribution in [0.3, 0.4) is 0 Å². The van der Waals surface area contributed by atoms with Gasteiger partial charge in [0.25, 0.3) is 0 Å². The maximum atomic E-state index is 6.21. The van der Waals surface area contributed by atoms with Gasteiger partial charge in [-0.05, 0) is 50.9 Å². The predicted octanol–water partition coefficient (Wildman–Crippen LogP) is 3.16. The second kappa shape index (κ2) is 4.55. The van der Waals surface area contributed by atoms with E-state index in [4.69, 9.17) is 5.73 Å². The quantitative estimate of drug-likeness (QED) is 0.818. The van der Waals surface area contributed by atoms with Crippen molar-refractivity contribution in [2.24, 2.45) is 11.1 Å². The maximum absolute atomic E-state index is 6.21. The van der Waals surface area contributed by atoms with Crippen molar-refractivity contribution >= 4 is 0 Å². The molecular weight excluding hydrogens is 208 g/mol. The van der Waals surface area contributed by atoms with Gasteiger partial charge in [0, 0.05) is 24.2 Å². The lowest BCUT2D eigenvalue weighted by molar-refractivity contribution is 0.0426. The number of hydrogen-bond acceptors (Lipinski definition) is 2. The molecule has 1 aliphatic heterocycles.